The van der Waals surface area contributed by atoms with E-state index in [1.165, 1.54) is 0 Å². The summed E-state index contributed by atoms with van der Waals surface area (Å²) in [5.41, 5.74) is 0. The molecule has 72 valence electrons. The van der Waals surface area contributed by atoms with Gasteiger partial charge in [-0.3, -0.25) is 4.79 Å². The second kappa shape index (κ2) is 5.46. The van der Waals surface area contributed by atoms with Gasteiger partial charge in [0.15, 0.2) is 0 Å². The van der Waals surface area contributed by atoms with Crippen molar-refractivity contribution in [2.24, 2.45) is 5.92 Å². The monoisotopic (exact) mass is 189 g/mol. The summed E-state index contributed by atoms with van der Waals surface area (Å²) in [5.74, 6) is 0.440. The van der Waals surface area contributed by atoms with E-state index in [-0.39, 0.29) is 11.2 Å². The Bertz CT molecular complexity index is 147. The molecule has 0 aromatic rings. The molecule has 1 amide bonds. The summed E-state index contributed by atoms with van der Waals surface area (Å²) in [6, 6.07) is 0. The number of hydrogen-bond donors (Lipinski definition) is 1. The van der Waals surface area contributed by atoms with E-state index in [1.807, 2.05) is 20.9 Å². The van der Waals surface area contributed by atoms with E-state index >= 15 is 0 Å². The first kappa shape index (κ1) is 11.8. The number of carbonyl (C=O) groups is 1. The summed E-state index contributed by atoms with van der Waals surface area (Å²) in [6.07, 6.45) is 1.00. The van der Waals surface area contributed by atoms with Gasteiger partial charge in [-0.05, 0) is 12.3 Å². The second-order valence-corrected chi connectivity index (χ2v) is 4.00. The minimum absolute atomic E-state index is 0.134. The fraction of sp³-hybridized carbons (Fsp3) is 0.889. The van der Waals surface area contributed by atoms with Crippen LogP contribution in [0.2, 0.25) is 0 Å². The Balaban J connectivity index is 4.00. The highest BCUT2D eigenvalue weighted by molar-refractivity contribution is 7.81. The van der Waals surface area contributed by atoms with E-state index in [4.69, 9.17) is 0 Å². The van der Waals surface area contributed by atoms with E-state index < -0.39 is 0 Å². The van der Waals surface area contributed by atoms with Gasteiger partial charge in [-0.2, -0.15) is 12.6 Å². The Morgan fingerprint density at radius 3 is 2.33 bits per heavy atom. The predicted octanol–water partition coefficient (Wildman–Crippen LogP) is 1.81. The van der Waals surface area contributed by atoms with Crippen LogP contribution in [0.4, 0.5) is 0 Å². The maximum absolute atomic E-state index is 11.5. The lowest BCUT2D eigenvalue weighted by molar-refractivity contribution is -0.130. The molecule has 0 aromatic heterocycles. The molecule has 0 radical (unpaired) electrons. The van der Waals surface area contributed by atoms with Gasteiger partial charge in [0.1, 0.15) is 0 Å². The number of carbonyl (C=O) groups excluding carboxylic acids is 1. The van der Waals surface area contributed by atoms with Gasteiger partial charge < -0.3 is 4.90 Å². The van der Waals surface area contributed by atoms with Crippen molar-refractivity contribution in [2.75, 3.05) is 13.6 Å². The Hall–Kier alpha value is -0.180. The smallest absolute Gasteiger partial charge is 0.235 e. The topological polar surface area (TPSA) is 20.3 Å². The molecule has 0 bridgehead atoms. The molecule has 0 heterocycles. The van der Waals surface area contributed by atoms with Crippen molar-refractivity contribution < 1.29 is 4.79 Å². The van der Waals surface area contributed by atoms with Crippen molar-refractivity contribution in [2.45, 2.75) is 32.4 Å². The molecular weight excluding hydrogens is 170 g/mol. The molecule has 0 aliphatic rings. The Morgan fingerprint density at radius 2 is 2.00 bits per heavy atom. The van der Waals surface area contributed by atoms with Crippen molar-refractivity contribution in [1.82, 2.24) is 4.90 Å². The molecule has 0 saturated heterocycles. The average molecular weight is 189 g/mol. The molecule has 0 aromatic carbocycles. The lowest BCUT2D eigenvalue weighted by atomic mass is 10.1. The molecule has 0 aliphatic carbocycles. The van der Waals surface area contributed by atoms with E-state index in [0.29, 0.717) is 5.92 Å². The summed E-state index contributed by atoms with van der Waals surface area (Å²) in [5, 5.41) is -0.151. The summed E-state index contributed by atoms with van der Waals surface area (Å²) < 4.78 is 0. The fourth-order valence-corrected chi connectivity index (χ4v) is 1.15. The Labute approximate surface area is 80.7 Å². The number of thiol groups is 1. The molecule has 1 unspecified atom stereocenters. The Morgan fingerprint density at radius 1 is 1.50 bits per heavy atom. The third kappa shape index (κ3) is 3.48. The zero-order chi connectivity index (χ0) is 9.72. The van der Waals surface area contributed by atoms with Gasteiger partial charge in [0.05, 0.1) is 5.25 Å². The van der Waals surface area contributed by atoms with Gasteiger partial charge in [0.2, 0.25) is 5.91 Å². The van der Waals surface area contributed by atoms with Crippen LogP contribution in [0, 0.1) is 5.92 Å². The summed E-state index contributed by atoms with van der Waals surface area (Å²) in [6.45, 7) is 6.90. The van der Waals surface area contributed by atoms with Crippen molar-refractivity contribution in [1.29, 1.82) is 0 Å². The highest BCUT2D eigenvalue weighted by Gasteiger charge is 2.20. The highest BCUT2D eigenvalue weighted by atomic mass is 32.1. The zero-order valence-corrected chi connectivity index (χ0v) is 9.27. The van der Waals surface area contributed by atoms with Crippen LogP contribution in [0.25, 0.3) is 0 Å². The maximum atomic E-state index is 11.5. The third-order valence-corrected chi connectivity index (χ3v) is 2.64. The van der Waals surface area contributed by atoms with Crippen molar-refractivity contribution in [3.63, 3.8) is 0 Å². The quantitative estimate of drug-likeness (QED) is 0.669. The largest absolute Gasteiger partial charge is 0.345 e. The SMILES string of the molecule is CCCN(C)C(=O)C(S)C(C)C. The molecule has 0 aliphatic heterocycles. The van der Waals surface area contributed by atoms with Crippen molar-refractivity contribution in [3.05, 3.63) is 0 Å². The molecule has 0 rings (SSSR count). The van der Waals surface area contributed by atoms with Gasteiger partial charge in [-0.15, -0.1) is 0 Å². The first-order valence-corrected chi connectivity index (χ1v) is 4.95. The van der Waals surface area contributed by atoms with Crippen LogP contribution >= 0.6 is 12.6 Å². The summed E-state index contributed by atoms with van der Waals surface area (Å²) in [7, 11) is 1.83. The van der Waals surface area contributed by atoms with E-state index in [2.05, 4.69) is 19.6 Å². The third-order valence-electron chi connectivity index (χ3n) is 1.82. The van der Waals surface area contributed by atoms with Gasteiger partial charge in [-0.25, -0.2) is 0 Å². The predicted molar refractivity (Wildman–Crippen MR) is 55.5 cm³/mol. The maximum Gasteiger partial charge on any atom is 0.235 e. The van der Waals surface area contributed by atoms with Crippen molar-refractivity contribution >= 4 is 18.5 Å². The average Bonchev–Trinajstić information content (AvgIpc) is 2.02. The van der Waals surface area contributed by atoms with Crippen LogP contribution in [0.5, 0.6) is 0 Å². The minimum atomic E-state index is -0.151. The van der Waals surface area contributed by atoms with E-state index in [9.17, 15) is 4.79 Å². The van der Waals surface area contributed by atoms with E-state index in [0.717, 1.165) is 13.0 Å². The number of hydrogen-bond acceptors (Lipinski definition) is 2. The lowest BCUT2D eigenvalue weighted by Gasteiger charge is -2.22. The molecule has 0 spiro atoms. The molecule has 0 fully saturated rings. The standard InChI is InChI=1S/C9H19NOS/c1-5-6-10(4)9(11)8(12)7(2)3/h7-8,12H,5-6H2,1-4H3. The van der Waals surface area contributed by atoms with Crippen molar-refractivity contribution in [3.8, 4) is 0 Å². The van der Waals surface area contributed by atoms with E-state index in [1.54, 1.807) is 4.90 Å². The molecule has 0 N–H and O–H groups in total. The molecule has 3 heteroatoms. The number of nitrogens with zero attached hydrogens (tertiary/aromatic N) is 1. The van der Waals surface area contributed by atoms with Gasteiger partial charge in [0.25, 0.3) is 0 Å². The number of amides is 1. The normalized spacial score (nSPS) is 13.2. The molecule has 2 nitrogen and oxygen atoms in total. The Kier molecular flexibility index (Phi) is 5.38. The van der Waals surface area contributed by atoms with Gasteiger partial charge >= 0.3 is 0 Å². The molecule has 12 heavy (non-hydrogen) atoms. The fourth-order valence-electron chi connectivity index (χ4n) is 0.957. The van der Waals surface area contributed by atoms with Crippen LogP contribution in [0.1, 0.15) is 27.2 Å². The second-order valence-electron chi connectivity index (χ2n) is 3.45. The van der Waals surface area contributed by atoms with Gasteiger partial charge in [0, 0.05) is 13.6 Å². The highest BCUT2D eigenvalue weighted by Crippen LogP contribution is 2.11. The van der Waals surface area contributed by atoms with Gasteiger partial charge in [-0.1, -0.05) is 20.8 Å². The lowest BCUT2D eigenvalue weighted by Crippen LogP contribution is -2.36. The van der Waals surface area contributed by atoms with Crippen LogP contribution in [0.15, 0.2) is 0 Å². The minimum Gasteiger partial charge on any atom is -0.345 e. The van der Waals surface area contributed by atoms with Crippen LogP contribution in [0.3, 0.4) is 0 Å². The first-order valence-electron chi connectivity index (χ1n) is 4.43. The zero-order valence-electron chi connectivity index (χ0n) is 8.37. The molecule has 0 saturated carbocycles. The number of rotatable bonds is 4. The van der Waals surface area contributed by atoms with Crippen LogP contribution < -0.4 is 0 Å². The van der Waals surface area contributed by atoms with Crippen LogP contribution in [-0.4, -0.2) is 29.6 Å². The molecule has 1 atom stereocenters. The first-order chi connectivity index (χ1) is 5.50. The summed E-state index contributed by atoms with van der Waals surface area (Å²) in [4.78, 5) is 13.3. The van der Waals surface area contributed by atoms with Crippen LogP contribution in [-0.2, 0) is 4.79 Å². The summed E-state index contributed by atoms with van der Waals surface area (Å²) >= 11 is 4.26. The molecular formula is C9H19NOS.